The molecule has 7 heteroatoms. The quantitative estimate of drug-likeness (QED) is 0.803. The Morgan fingerprint density at radius 2 is 1.91 bits per heavy atom. The first kappa shape index (κ1) is 14.4. The molecule has 0 fully saturated rings. The van der Waals surface area contributed by atoms with E-state index in [1.54, 1.807) is 13.0 Å². The number of anilines is 2. The lowest BCUT2D eigenvalue weighted by Crippen LogP contribution is -2.10. The molecule has 0 bridgehead atoms. The highest BCUT2D eigenvalue weighted by molar-refractivity contribution is 5.59. The number of aryl methyl sites for hydroxylation is 2. The normalized spacial score (nSPS) is 11.9. The molecule has 2 heterocycles. The van der Waals surface area contributed by atoms with Crippen molar-refractivity contribution in [3.63, 3.8) is 0 Å². The summed E-state index contributed by atoms with van der Waals surface area (Å²) in [5, 5.41) is 7.04. The number of fused-ring (bicyclic) bond motifs is 1. The van der Waals surface area contributed by atoms with Crippen LogP contribution in [0.5, 0.6) is 0 Å². The van der Waals surface area contributed by atoms with Gasteiger partial charge in [-0.1, -0.05) is 12.1 Å². The van der Waals surface area contributed by atoms with Crippen LogP contribution in [-0.2, 0) is 5.92 Å². The van der Waals surface area contributed by atoms with Gasteiger partial charge in [0, 0.05) is 24.4 Å². The molecule has 0 radical (unpaired) electrons. The monoisotopic (exact) mass is 303 g/mol. The van der Waals surface area contributed by atoms with Crippen molar-refractivity contribution in [3.05, 3.63) is 47.4 Å². The number of hydrogen-bond acceptors (Lipinski definition) is 4. The average molecular weight is 303 g/mol. The molecule has 22 heavy (non-hydrogen) atoms. The minimum absolute atomic E-state index is 0.145. The van der Waals surface area contributed by atoms with Gasteiger partial charge in [-0.05, 0) is 31.5 Å². The topological polar surface area (TPSA) is 55.1 Å². The van der Waals surface area contributed by atoms with E-state index in [2.05, 4.69) is 20.4 Å². The maximum absolute atomic E-state index is 13.4. The van der Waals surface area contributed by atoms with E-state index < -0.39 is 11.7 Å². The third kappa shape index (κ3) is 2.74. The number of rotatable bonds is 3. The third-order valence-electron chi connectivity index (χ3n) is 3.12. The van der Waals surface area contributed by atoms with Crippen molar-refractivity contribution in [2.24, 2.45) is 0 Å². The van der Waals surface area contributed by atoms with Gasteiger partial charge in [0.25, 0.3) is 5.78 Å². The number of aromatic nitrogens is 4. The molecule has 5 nitrogen and oxygen atoms in total. The Hall–Kier alpha value is -2.57. The van der Waals surface area contributed by atoms with E-state index in [9.17, 15) is 8.78 Å². The first-order valence-electron chi connectivity index (χ1n) is 6.79. The van der Waals surface area contributed by atoms with Gasteiger partial charge in [-0.15, -0.1) is 5.10 Å². The predicted molar refractivity (Wildman–Crippen MR) is 79.5 cm³/mol. The summed E-state index contributed by atoms with van der Waals surface area (Å²) in [5.74, 6) is -2.97. The van der Waals surface area contributed by atoms with Gasteiger partial charge in [-0.2, -0.15) is 18.3 Å². The van der Waals surface area contributed by atoms with E-state index >= 15 is 0 Å². The molecule has 0 aliphatic carbocycles. The summed E-state index contributed by atoms with van der Waals surface area (Å²) in [6, 6.07) is 9.47. The molecule has 0 spiro atoms. The maximum atomic E-state index is 13.4. The van der Waals surface area contributed by atoms with Crippen LogP contribution in [0.1, 0.15) is 24.0 Å². The molecule has 1 aromatic carbocycles. The second-order valence-electron chi connectivity index (χ2n) is 5.31. The lowest BCUT2D eigenvalue weighted by molar-refractivity contribution is 0.00801. The molecule has 3 aromatic rings. The van der Waals surface area contributed by atoms with E-state index in [4.69, 9.17) is 0 Å². The first-order valence-corrected chi connectivity index (χ1v) is 6.79. The van der Waals surface area contributed by atoms with Crippen LogP contribution >= 0.6 is 0 Å². The van der Waals surface area contributed by atoms with Crippen molar-refractivity contribution in [1.82, 2.24) is 19.6 Å². The zero-order valence-electron chi connectivity index (χ0n) is 12.4. The number of hydrogen-bond donors (Lipinski definition) is 1. The highest BCUT2D eigenvalue weighted by Gasteiger charge is 2.30. The third-order valence-corrected chi connectivity index (χ3v) is 3.12. The lowest BCUT2D eigenvalue weighted by Gasteiger charge is -2.09. The van der Waals surface area contributed by atoms with Crippen molar-refractivity contribution in [1.29, 1.82) is 0 Å². The molecule has 2 aromatic heterocycles. The van der Waals surface area contributed by atoms with Gasteiger partial charge in [0.05, 0.1) is 0 Å². The second kappa shape index (κ2) is 5.01. The SMILES string of the molecule is Cc1cccc(Nc2cc(C)nc3nc(C(C)(F)F)nn23)c1. The Kier molecular flexibility index (Phi) is 3.27. The van der Waals surface area contributed by atoms with E-state index in [-0.39, 0.29) is 5.78 Å². The van der Waals surface area contributed by atoms with Gasteiger partial charge in [0.2, 0.25) is 5.82 Å². The van der Waals surface area contributed by atoms with Gasteiger partial charge in [0.15, 0.2) is 0 Å². The fourth-order valence-electron chi connectivity index (χ4n) is 2.13. The Balaban J connectivity index is 2.10. The first-order chi connectivity index (χ1) is 10.3. The molecule has 0 aliphatic heterocycles. The fraction of sp³-hybridized carbons (Fsp3) is 0.267. The highest BCUT2D eigenvalue weighted by atomic mass is 19.3. The zero-order valence-corrected chi connectivity index (χ0v) is 12.4. The Morgan fingerprint density at radius 3 is 2.59 bits per heavy atom. The highest BCUT2D eigenvalue weighted by Crippen LogP contribution is 2.25. The number of halogens is 2. The second-order valence-corrected chi connectivity index (χ2v) is 5.31. The maximum Gasteiger partial charge on any atom is 0.305 e. The molecular weight excluding hydrogens is 288 g/mol. The Bertz CT molecular complexity index is 836. The summed E-state index contributed by atoms with van der Waals surface area (Å²) in [6.45, 7) is 4.52. The van der Waals surface area contributed by atoms with Crippen molar-refractivity contribution in [3.8, 4) is 0 Å². The largest absolute Gasteiger partial charge is 0.340 e. The van der Waals surface area contributed by atoms with Crippen LogP contribution in [0, 0.1) is 13.8 Å². The van der Waals surface area contributed by atoms with Gasteiger partial charge >= 0.3 is 5.92 Å². The van der Waals surface area contributed by atoms with Crippen LogP contribution in [0.15, 0.2) is 30.3 Å². The Labute approximate surface area is 126 Å². The summed E-state index contributed by atoms with van der Waals surface area (Å²) in [6.07, 6.45) is 0. The van der Waals surface area contributed by atoms with Gasteiger partial charge in [-0.25, -0.2) is 4.98 Å². The summed E-state index contributed by atoms with van der Waals surface area (Å²) < 4.78 is 28.1. The van der Waals surface area contributed by atoms with Gasteiger partial charge < -0.3 is 5.32 Å². The summed E-state index contributed by atoms with van der Waals surface area (Å²) in [5.41, 5.74) is 2.60. The van der Waals surface area contributed by atoms with Crippen LogP contribution < -0.4 is 5.32 Å². The van der Waals surface area contributed by atoms with Crippen molar-refractivity contribution in [2.45, 2.75) is 26.7 Å². The molecule has 0 amide bonds. The van der Waals surface area contributed by atoms with Crippen LogP contribution in [0.25, 0.3) is 5.78 Å². The summed E-state index contributed by atoms with van der Waals surface area (Å²) in [4.78, 5) is 7.96. The average Bonchev–Trinajstić information content (AvgIpc) is 2.82. The van der Waals surface area contributed by atoms with E-state index in [0.29, 0.717) is 11.5 Å². The predicted octanol–water partition coefficient (Wildman–Crippen LogP) is 3.60. The van der Waals surface area contributed by atoms with E-state index in [1.165, 1.54) is 4.52 Å². The van der Waals surface area contributed by atoms with Crippen molar-refractivity contribution >= 4 is 17.3 Å². The molecule has 0 saturated carbocycles. The number of nitrogens with one attached hydrogen (secondary N) is 1. The fourth-order valence-corrected chi connectivity index (χ4v) is 2.13. The molecule has 0 saturated heterocycles. The minimum atomic E-state index is -3.11. The number of nitrogens with zero attached hydrogens (tertiary/aromatic N) is 4. The molecule has 1 N–H and O–H groups in total. The number of benzene rings is 1. The summed E-state index contributed by atoms with van der Waals surface area (Å²) >= 11 is 0. The van der Waals surface area contributed by atoms with Crippen molar-refractivity contribution < 1.29 is 8.78 Å². The zero-order chi connectivity index (χ0) is 15.9. The molecule has 3 rings (SSSR count). The van der Waals surface area contributed by atoms with Gasteiger partial charge in [0.1, 0.15) is 5.82 Å². The van der Waals surface area contributed by atoms with Crippen LogP contribution in [0.4, 0.5) is 20.3 Å². The van der Waals surface area contributed by atoms with Gasteiger partial charge in [-0.3, -0.25) is 0 Å². The smallest absolute Gasteiger partial charge is 0.305 e. The minimum Gasteiger partial charge on any atom is -0.340 e. The molecule has 0 aliphatic rings. The summed E-state index contributed by atoms with van der Waals surface area (Å²) in [7, 11) is 0. The van der Waals surface area contributed by atoms with E-state index in [1.807, 2.05) is 31.2 Å². The van der Waals surface area contributed by atoms with Crippen LogP contribution in [0.3, 0.4) is 0 Å². The number of alkyl halides is 2. The molecular formula is C15H15F2N5. The Morgan fingerprint density at radius 1 is 1.14 bits per heavy atom. The molecule has 114 valence electrons. The molecule has 0 unspecified atom stereocenters. The van der Waals surface area contributed by atoms with Crippen LogP contribution in [-0.4, -0.2) is 19.6 Å². The lowest BCUT2D eigenvalue weighted by atomic mass is 10.2. The molecule has 0 atom stereocenters. The standard InChI is InChI=1S/C15H15F2N5/c1-9-5-4-6-11(7-9)19-12-8-10(2)18-14-20-13(15(3,16)17)21-22(12)14/h4-8,19H,1-3H3. The van der Waals surface area contributed by atoms with Crippen LogP contribution in [0.2, 0.25) is 0 Å². The van der Waals surface area contributed by atoms with Crippen molar-refractivity contribution in [2.75, 3.05) is 5.32 Å². The van der Waals surface area contributed by atoms with E-state index in [0.717, 1.165) is 18.2 Å².